The van der Waals surface area contributed by atoms with Crippen molar-refractivity contribution in [3.8, 4) is 0 Å². The summed E-state index contributed by atoms with van der Waals surface area (Å²) in [7, 11) is 1.57. The number of ether oxygens (including phenoxy) is 1. The molecule has 1 heterocycles. The van der Waals surface area contributed by atoms with E-state index in [1.807, 2.05) is 0 Å². The van der Waals surface area contributed by atoms with E-state index in [2.05, 4.69) is 5.32 Å². The average Bonchev–Trinajstić information content (AvgIpc) is 2.46. The summed E-state index contributed by atoms with van der Waals surface area (Å²) in [6, 6.07) is 0. The first-order valence-electron chi connectivity index (χ1n) is 4.97. The fourth-order valence-electron chi connectivity index (χ4n) is 1.53. The van der Waals surface area contributed by atoms with Gasteiger partial charge in [0.25, 0.3) is 0 Å². The van der Waals surface area contributed by atoms with Crippen LogP contribution in [0.25, 0.3) is 0 Å². The van der Waals surface area contributed by atoms with Crippen LogP contribution in [0.5, 0.6) is 0 Å². The van der Waals surface area contributed by atoms with Gasteiger partial charge in [0.05, 0.1) is 25.4 Å². The van der Waals surface area contributed by atoms with E-state index in [1.165, 1.54) is 0 Å². The zero-order chi connectivity index (χ0) is 11.3. The standard InChI is InChI=1S/C9H18N2O4/c1-15-3-2-10-9(14)6-11-4-7(12)8(13)5-11/h7-8,12-13H,2-6H2,1H3,(H,10,14)/t7-,8+. The number of rotatable bonds is 5. The molecule has 2 atom stereocenters. The minimum Gasteiger partial charge on any atom is -0.389 e. The number of nitrogens with one attached hydrogen (secondary N) is 1. The molecular formula is C9H18N2O4. The van der Waals surface area contributed by atoms with Gasteiger partial charge in [-0.15, -0.1) is 0 Å². The molecule has 0 radical (unpaired) electrons. The molecule has 0 aromatic rings. The number of methoxy groups -OCH3 is 1. The summed E-state index contributed by atoms with van der Waals surface area (Å²) in [6.07, 6.45) is -1.48. The Balaban J connectivity index is 2.16. The molecular weight excluding hydrogens is 200 g/mol. The Labute approximate surface area is 88.8 Å². The number of aliphatic hydroxyl groups is 2. The molecule has 3 N–H and O–H groups in total. The Bertz CT molecular complexity index is 202. The van der Waals surface area contributed by atoms with E-state index in [-0.39, 0.29) is 12.5 Å². The van der Waals surface area contributed by atoms with Crippen molar-refractivity contribution >= 4 is 5.91 Å². The molecule has 1 aliphatic heterocycles. The molecule has 1 saturated heterocycles. The first-order valence-corrected chi connectivity index (χ1v) is 4.97. The SMILES string of the molecule is COCCNC(=O)CN1C[C@@H](O)[C@@H](O)C1. The van der Waals surface area contributed by atoms with Gasteiger partial charge in [0.1, 0.15) is 0 Å². The number of hydrogen-bond acceptors (Lipinski definition) is 5. The molecule has 1 aliphatic rings. The lowest BCUT2D eigenvalue weighted by Crippen LogP contribution is -2.37. The van der Waals surface area contributed by atoms with E-state index in [4.69, 9.17) is 4.74 Å². The van der Waals surface area contributed by atoms with Gasteiger partial charge in [-0.05, 0) is 0 Å². The van der Waals surface area contributed by atoms with E-state index in [0.29, 0.717) is 26.2 Å². The number of hydrogen-bond donors (Lipinski definition) is 3. The van der Waals surface area contributed by atoms with Gasteiger partial charge in [-0.3, -0.25) is 9.69 Å². The van der Waals surface area contributed by atoms with Crippen LogP contribution in [0, 0.1) is 0 Å². The van der Waals surface area contributed by atoms with Crippen molar-refractivity contribution < 1.29 is 19.7 Å². The number of nitrogens with zero attached hydrogens (tertiary/aromatic N) is 1. The maximum Gasteiger partial charge on any atom is 0.234 e. The fraction of sp³-hybridized carbons (Fsp3) is 0.889. The van der Waals surface area contributed by atoms with Crippen LogP contribution >= 0.6 is 0 Å². The molecule has 0 spiro atoms. The van der Waals surface area contributed by atoms with Gasteiger partial charge in [-0.2, -0.15) is 0 Å². The number of aliphatic hydroxyl groups excluding tert-OH is 2. The summed E-state index contributed by atoms with van der Waals surface area (Å²) in [6.45, 7) is 1.86. The van der Waals surface area contributed by atoms with Crippen molar-refractivity contribution in [2.45, 2.75) is 12.2 Å². The summed E-state index contributed by atoms with van der Waals surface area (Å²) in [5, 5.41) is 21.2. The van der Waals surface area contributed by atoms with E-state index >= 15 is 0 Å². The molecule has 6 nitrogen and oxygen atoms in total. The van der Waals surface area contributed by atoms with Crippen LogP contribution in [0.15, 0.2) is 0 Å². The van der Waals surface area contributed by atoms with Crippen molar-refractivity contribution in [3.05, 3.63) is 0 Å². The van der Waals surface area contributed by atoms with Crippen LogP contribution < -0.4 is 5.32 Å². The number of carbonyl (C=O) groups excluding carboxylic acids is 1. The number of carbonyl (C=O) groups is 1. The van der Waals surface area contributed by atoms with Crippen LogP contribution in [0.4, 0.5) is 0 Å². The summed E-state index contributed by atoms with van der Waals surface area (Å²) < 4.78 is 4.79. The topological polar surface area (TPSA) is 82.0 Å². The second kappa shape index (κ2) is 6.02. The third-order valence-electron chi connectivity index (χ3n) is 2.33. The van der Waals surface area contributed by atoms with Crippen LogP contribution in [0.1, 0.15) is 0 Å². The highest BCUT2D eigenvalue weighted by Crippen LogP contribution is 2.08. The predicted octanol–water partition coefficient (Wildman–Crippen LogP) is -2.21. The molecule has 6 heteroatoms. The van der Waals surface area contributed by atoms with Crippen LogP contribution in [-0.2, 0) is 9.53 Å². The zero-order valence-corrected chi connectivity index (χ0v) is 8.85. The van der Waals surface area contributed by atoms with Gasteiger partial charge in [0.2, 0.25) is 5.91 Å². The van der Waals surface area contributed by atoms with Crippen molar-refractivity contribution in [2.75, 3.05) is 39.9 Å². The summed E-state index contributed by atoms with van der Waals surface area (Å²) in [4.78, 5) is 13.0. The molecule has 1 fully saturated rings. The van der Waals surface area contributed by atoms with Gasteiger partial charge in [0.15, 0.2) is 0 Å². The lowest BCUT2D eigenvalue weighted by Gasteiger charge is -2.13. The Hall–Kier alpha value is -0.690. The van der Waals surface area contributed by atoms with Gasteiger partial charge in [0, 0.05) is 26.7 Å². The van der Waals surface area contributed by atoms with Gasteiger partial charge >= 0.3 is 0 Å². The third kappa shape index (κ3) is 4.13. The first kappa shape index (κ1) is 12.4. The molecule has 0 aromatic heterocycles. The molecule has 1 rings (SSSR count). The molecule has 0 aliphatic carbocycles. The van der Waals surface area contributed by atoms with E-state index in [0.717, 1.165) is 0 Å². The predicted molar refractivity (Wildman–Crippen MR) is 53.3 cm³/mol. The Morgan fingerprint density at radius 2 is 2.07 bits per heavy atom. The Kier molecular flexibility index (Phi) is 4.97. The molecule has 0 aromatic carbocycles. The molecule has 88 valence electrons. The third-order valence-corrected chi connectivity index (χ3v) is 2.33. The quantitative estimate of drug-likeness (QED) is 0.456. The second-order valence-electron chi connectivity index (χ2n) is 3.67. The van der Waals surface area contributed by atoms with E-state index in [1.54, 1.807) is 12.0 Å². The second-order valence-corrected chi connectivity index (χ2v) is 3.67. The summed E-state index contributed by atoms with van der Waals surface area (Å²) in [5.74, 6) is -0.117. The lowest BCUT2D eigenvalue weighted by molar-refractivity contribution is -0.122. The number of β-amino-alcohol motifs (C(OH)–C–C–N with tert-alkyl or cyclic N) is 2. The molecule has 0 unspecified atom stereocenters. The first-order chi connectivity index (χ1) is 7.13. The highest BCUT2D eigenvalue weighted by Gasteiger charge is 2.30. The molecule has 0 bridgehead atoms. The Morgan fingerprint density at radius 1 is 1.47 bits per heavy atom. The van der Waals surface area contributed by atoms with E-state index in [9.17, 15) is 15.0 Å². The smallest absolute Gasteiger partial charge is 0.234 e. The summed E-state index contributed by atoms with van der Waals surface area (Å²) >= 11 is 0. The van der Waals surface area contributed by atoms with Crippen molar-refractivity contribution in [1.82, 2.24) is 10.2 Å². The van der Waals surface area contributed by atoms with Gasteiger partial charge in [-0.1, -0.05) is 0 Å². The molecule has 1 amide bonds. The largest absolute Gasteiger partial charge is 0.389 e. The number of likely N-dealkylation sites (tertiary alicyclic amines) is 1. The van der Waals surface area contributed by atoms with Crippen molar-refractivity contribution in [3.63, 3.8) is 0 Å². The number of amides is 1. The van der Waals surface area contributed by atoms with Crippen LogP contribution in [-0.4, -0.2) is 73.1 Å². The monoisotopic (exact) mass is 218 g/mol. The average molecular weight is 218 g/mol. The highest BCUT2D eigenvalue weighted by atomic mass is 16.5. The lowest BCUT2D eigenvalue weighted by atomic mass is 10.3. The van der Waals surface area contributed by atoms with E-state index < -0.39 is 12.2 Å². The van der Waals surface area contributed by atoms with Crippen molar-refractivity contribution in [2.24, 2.45) is 0 Å². The normalized spacial score (nSPS) is 26.9. The van der Waals surface area contributed by atoms with Gasteiger partial charge < -0.3 is 20.3 Å². The fourth-order valence-corrected chi connectivity index (χ4v) is 1.53. The summed E-state index contributed by atoms with van der Waals surface area (Å²) in [5.41, 5.74) is 0. The minimum atomic E-state index is -0.739. The minimum absolute atomic E-state index is 0.117. The zero-order valence-electron chi connectivity index (χ0n) is 8.85. The highest BCUT2D eigenvalue weighted by molar-refractivity contribution is 5.78. The van der Waals surface area contributed by atoms with Gasteiger partial charge in [-0.25, -0.2) is 0 Å². The maximum absolute atomic E-state index is 11.3. The molecule has 15 heavy (non-hydrogen) atoms. The van der Waals surface area contributed by atoms with Crippen molar-refractivity contribution in [1.29, 1.82) is 0 Å². The maximum atomic E-state index is 11.3. The molecule has 0 saturated carbocycles. The van der Waals surface area contributed by atoms with Crippen LogP contribution in [0.2, 0.25) is 0 Å². The Morgan fingerprint density at radius 3 is 2.60 bits per heavy atom. The van der Waals surface area contributed by atoms with Crippen LogP contribution in [0.3, 0.4) is 0 Å².